The van der Waals surface area contributed by atoms with Crippen LogP contribution in [-0.2, 0) is 0 Å². The van der Waals surface area contributed by atoms with E-state index in [0.717, 1.165) is 0 Å². The number of carbonyl (C=O) groups is 1. The molecule has 2 aromatic carbocycles. The molecule has 0 bridgehead atoms. The van der Waals surface area contributed by atoms with E-state index in [0.29, 0.717) is 53.7 Å². The summed E-state index contributed by atoms with van der Waals surface area (Å²) < 4.78 is 25.7. The van der Waals surface area contributed by atoms with Gasteiger partial charge in [0.15, 0.2) is 0 Å². The zero-order valence-corrected chi connectivity index (χ0v) is 16.9. The summed E-state index contributed by atoms with van der Waals surface area (Å²) in [6.45, 7) is 1.06. The zero-order valence-electron chi connectivity index (χ0n) is 16.2. The molecule has 0 atom stereocenters. The highest BCUT2D eigenvalue weighted by atomic mass is 35.5. The van der Waals surface area contributed by atoms with Gasteiger partial charge in [0.05, 0.1) is 23.4 Å². The number of methoxy groups -OCH3 is 1. The van der Waals surface area contributed by atoms with Gasteiger partial charge in [-0.2, -0.15) is 4.68 Å². The standard InChI is InChI=1S/C20H19ClFN5O3/c1-29-19-11-18(27-12-23-24-25-27)17(21)10-16(19)20(28)26-8-6-15(7-9-26)30-14-4-2-13(22)3-5-14/h2-5,10-12,15H,6-9H2,1H3. The number of tetrazole rings is 1. The molecule has 3 aromatic rings. The molecule has 1 fully saturated rings. The third kappa shape index (κ3) is 4.20. The van der Waals surface area contributed by atoms with Crippen LogP contribution in [0.3, 0.4) is 0 Å². The molecule has 30 heavy (non-hydrogen) atoms. The van der Waals surface area contributed by atoms with Crippen LogP contribution in [0.25, 0.3) is 5.69 Å². The monoisotopic (exact) mass is 431 g/mol. The van der Waals surface area contributed by atoms with Crippen LogP contribution in [0, 0.1) is 5.82 Å². The second kappa shape index (κ2) is 8.66. The maximum Gasteiger partial charge on any atom is 0.257 e. The van der Waals surface area contributed by atoms with E-state index in [1.165, 1.54) is 30.3 Å². The number of hydrogen-bond acceptors (Lipinski definition) is 6. The minimum atomic E-state index is -0.304. The van der Waals surface area contributed by atoms with Crippen LogP contribution in [0.5, 0.6) is 11.5 Å². The normalized spacial score (nSPS) is 14.6. The van der Waals surface area contributed by atoms with Crippen LogP contribution in [0.4, 0.5) is 4.39 Å². The number of nitrogens with zero attached hydrogens (tertiary/aromatic N) is 5. The summed E-state index contributed by atoms with van der Waals surface area (Å²) in [4.78, 5) is 14.8. The molecular weight excluding hydrogens is 413 g/mol. The Hall–Kier alpha value is -3.20. The number of rotatable bonds is 5. The summed E-state index contributed by atoms with van der Waals surface area (Å²) in [6, 6.07) is 9.14. The molecule has 0 N–H and O–H groups in total. The molecule has 1 aliphatic rings. The number of amides is 1. The summed E-state index contributed by atoms with van der Waals surface area (Å²) in [6.07, 6.45) is 2.71. The smallest absolute Gasteiger partial charge is 0.257 e. The van der Waals surface area contributed by atoms with Crippen LogP contribution in [-0.4, -0.2) is 57.3 Å². The Balaban J connectivity index is 1.45. The zero-order chi connectivity index (χ0) is 21.1. The van der Waals surface area contributed by atoms with Crippen molar-refractivity contribution in [3.05, 3.63) is 59.1 Å². The highest BCUT2D eigenvalue weighted by molar-refractivity contribution is 6.33. The Morgan fingerprint density at radius 2 is 1.93 bits per heavy atom. The molecule has 0 radical (unpaired) electrons. The minimum Gasteiger partial charge on any atom is -0.496 e. The van der Waals surface area contributed by atoms with Crippen LogP contribution < -0.4 is 9.47 Å². The topological polar surface area (TPSA) is 82.4 Å². The maximum atomic E-state index is 13.1. The average molecular weight is 432 g/mol. The Bertz CT molecular complexity index is 1020. The number of hydrogen-bond donors (Lipinski definition) is 0. The number of benzene rings is 2. The van der Waals surface area contributed by atoms with Crippen LogP contribution in [0.15, 0.2) is 42.7 Å². The maximum absolute atomic E-state index is 13.1. The van der Waals surface area contributed by atoms with Crippen molar-refractivity contribution in [1.29, 1.82) is 0 Å². The van der Waals surface area contributed by atoms with E-state index < -0.39 is 0 Å². The van der Waals surface area contributed by atoms with Gasteiger partial charge in [-0.25, -0.2) is 4.39 Å². The summed E-state index contributed by atoms with van der Waals surface area (Å²) in [5, 5.41) is 11.3. The van der Waals surface area contributed by atoms with Crippen molar-refractivity contribution in [2.45, 2.75) is 18.9 Å². The molecule has 0 unspecified atom stereocenters. The molecule has 0 spiro atoms. The van der Waals surface area contributed by atoms with E-state index in [4.69, 9.17) is 21.1 Å². The van der Waals surface area contributed by atoms with Gasteiger partial charge in [0.25, 0.3) is 5.91 Å². The molecule has 0 saturated carbocycles. The Morgan fingerprint density at radius 1 is 1.20 bits per heavy atom. The van der Waals surface area contributed by atoms with E-state index in [1.54, 1.807) is 29.2 Å². The molecule has 10 heteroatoms. The third-order valence-electron chi connectivity index (χ3n) is 4.94. The molecule has 8 nitrogen and oxygen atoms in total. The van der Waals surface area contributed by atoms with Gasteiger partial charge in [0.2, 0.25) is 0 Å². The summed E-state index contributed by atoms with van der Waals surface area (Å²) in [5.74, 6) is 0.533. The van der Waals surface area contributed by atoms with Gasteiger partial charge in [0, 0.05) is 32.0 Å². The number of piperidine rings is 1. The first-order chi connectivity index (χ1) is 14.5. The van der Waals surface area contributed by atoms with E-state index in [9.17, 15) is 9.18 Å². The van der Waals surface area contributed by atoms with Gasteiger partial charge >= 0.3 is 0 Å². The number of halogens is 2. The van der Waals surface area contributed by atoms with Crippen molar-refractivity contribution in [3.63, 3.8) is 0 Å². The first-order valence-corrected chi connectivity index (χ1v) is 9.75. The van der Waals surface area contributed by atoms with E-state index in [2.05, 4.69) is 15.5 Å². The van der Waals surface area contributed by atoms with Gasteiger partial charge in [-0.15, -0.1) is 5.10 Å². The Kier molecular flexibility index (Phi) is 5.80. The first-order valence-electron chi connectivity index (χ1n) is 9.37. The number of ether oxygens (including phenoxy) is 2. The fraction of sp³-hybridized carbons (Fsp3) is 0.300. The third-order valence-corrected chi connectivity index (χ3v) is 5.24. The molecule has 156 valence electrons. The highest BCUT2D eigenvalue weighted by Crippen LogP contribution is 2.31. The molecule has 4 rings (SSSR count). The van der Waals surface area contributed by atoms with Crippen molar-refractivity contribution >= 4 is 17.5 Å². The van der Waals surface area contributed by atoms with E-state index >= 15 is 0 Å². The van der Waals surface area contributed by atoms with Crippen LogP contribution in [0.1, 0.15) is 23.2 Å². The molecule has 1 aliphatic heterocycles. The quantitative estimate of drug-likeness (QED) is 0.617. The highest BCUT2D eigenvalue weighted by Gasteiger charge is 2.27. The van der Waals surface area contributed by atoms with Gasteiger partial charge < -0.3 is 14.4 Å². The largest absolute Gasteiger partial charge is 0.496 e. The summed E-state index contributed by atoms with van der Waals surface area (Å²) in [7, 11) is 1.49. The average Bonchev–Trinajstić information content (AvgIpc) is 3.30. The number of carbonyl (C=O) groups excluding carboxylic acids is 1. The predicted molar refractivity (Wildman–Crippen MR) is 107 cm³/mol. The molecule has 0 aliphatic carbocycles. The lowest BCUT2D eigenvalue weighted by Crippen LogP contribution is -2.41. The summed E-state index contributed by atoms with van der Waals surface area (Å²) in [5.41, 5.74) is 0.888. The molecule has 1 amide bonds. The van der Waals surface area contributed by atoms with Gasteiger partial charge in [-0.3, -0.25) is 4.79 Å². The van der Waals surface area contributed by atoms with Crippen LogP contribution >= 0.6 is 11.6 Å². The number of likely N-dealkylation sites (tertiary alicyclic amines) is 1. The molecule has 1 saturated heterocycles. The van der Waals surface area contributed by atoms with Crippen molar-refractivity contribution in [1.82, 2.24) is 25.1 Å². The predicted octanol–water partition coefficient (Wildman–Crippen LogP) is 3.15. The van der Waals surface area contributed by atoms with Crippen molar-refractivity contribution < 1.29 is 18.7 Å². The van der Waals surface area contributed by atoms with Gasteiger partial charge in [-0.1, -0.05) is 11.6 Å². The molecule has 2 heterocycles. The second-order valence-electron chi connectivity index (χ2n) is 6.82. The fourth-order valence-electron chi connectivity index (χ4n) is 3.38. The lowest BCUT2D eigenvalue weighted by Gasteiger charge is -2.32. The fourth-order valence-corrected chi connectivity index (χ4v) is 3.63. The summed E-state index contributed by atoms with van der Waals surface area (Å²) >= 11 is 6.37. The van der Waals surface area contributed by atoms with E-state index in [-0.39, 0.29) is 17.8 Å². The van der Waals surface area contributed by atoms with Gasteiger partial charge in [-0.05, 0) is 40.8 Å². The Morgan fingerprint density at radius 3 is 2.57 bits per heavy atom. The van der Waals surface area contributed by atoms with Crippen molar-refractivity contribution in [2.24, 2.45) is 0 Å². The lowest BCUT2D eigenvalue weighted by molar-refractivity contribution is 0.0592. The lowest BCUT2D eigenvalue weighted by atomic mass is 10.1. The van der Waals surface area contributed by atoms with Crippen molar-refractivity contribution in [2.75, 3.05) is 20.2 Å². The first kappa shape index (κ1) is 20.1. The Labute approximate surface area is 177 Å². The second-order valence-corrected chi connectivity index (χ2v) is 7.23. The SMILES string of the molecule is COc1cc(-n2cnnn2)c(Cl)cc1C(=O)N1CCC(Oc2ccc(F)cc2)CC1. The number of aromatic nitrogens is 4. The van der Waals surface area contributed by atoms with E-state index in [1.807, 2.05) is 0 Å². The molecular formula is C20H19ClFN5O3. The minimum absolute atomic E-state index is 0.0350. The van der Waals surface area contributed by atoms with Gasteiger partial charge in [0.1, 0.15) is 29.7 Å². The van der Waals surface area contributed by atoms with Crippen LogP contribution in [0.2, 0.25) is 5.02 Å². The van der Waals surface area contributed by atoms with Crippen molar-refractivity contribution in [3.8, 4) is 17.2 Å². The molecule has 1 aromatic heterocycles.